The Morgan fingerprint density at radius 1 is 1.33 bits per heavy atom. The van der Waals surface area contributed by atoms with Crippen molar-refractivity contribution in [2.45, 2.75) is 6.92 Å². The van der Waals surface area contributed by atoms with Crippen molar-refractivity contribution in [2.24, 2.45) is 0 Å². The molecule has 1 rings (SSSR count). The summed E-state index contributed by atoms with van der Waals surface area (Å²) in [5, 5.41) is 1.14. The zero-order valence-electron chi connectivity index (χ0n) is 4.86. The molecule has 0 atom stereocenters. The van der Waals surface area contributed by atoms with Crippen LogP contribution in [0.25, 0.3) is 0 Å². The largest absolute Gasteiger partial charge is 0.240 e. The van der Waals surface area contributed by atoms with Gasteiger partial charge in [0.25, 0.3) is 0 Å². The van der Waals surface area contributed by atoms with Crippen LogP contribution in [-0.2, 0) is 0 Å². The van der Waals surface area contributed by atoms with E-state index in [1.807, 2.05) is 6.92 Å². The smallest absolute Gasteiger partial charge is 0.129 e. The van der Waals surface area contributed by atoms with E-state index in [1.54, 1.807) is 12.1 Å². The first kappa shape index (κ1) is 6.84. The van der Waals surface area contributed by atoms with E-state index in [2.05, 4.69) is 4.98 Å². The van der Waals surface area contributed by atoms with Gasteiger partial charge in [0.2, 0.25) is 0 Å². The first-order valence-corrected chi connectivity index (χ1v) is 3.24. The SMILES string of the molecule is Cc1nc(Cl)ccc1Cl. The highest BCUT2D eigenvalue weighted by Gasteiger charge is 1.94. The molecule has 1 aromatic rings. The van der Waals surface area contributed by atoms with Gasteiger partial charge in [-0.25, -0.2) is 4.98 Å². The molecule has 0 radical (unpaired) electrons. The summed E-state index contributed by atoms with van der Waals surface area (Å²) in [6.07, 6.45) is 0. The van der Waals surface area contributed by atoms with Gasteiger partial charge in [-0.1, -0.05) is 23.2 Å². The maximum Gasteiger partial charge on any atom is 0.129 e. The normalized spacial score (nSPS) is 9.67. The maximum atomic E-state index is 5.66. The van der Waals surface area contributed by atoms with E-state index in [4.69, 9.17) is 23.2 Å². The summed E-state index contributed by atoms with van der Waals surface area (Å²) >= 11 is 11.2. The van der Waals surface area contributed by atoms with Crippen LogP contribution in [0.15, 0.2) is 12.1 Å². The minimum atomic E-state index is 0.483. The predicted molar refractivity (Wildman–Crippen MR) is 39.0 cm³/mol. The van der Waals surface area contributed by atoms with Gasteiger partial charge in [0.15, 0.2) is 0 Å². The van der Waals surface area contributed by atoms with Gasteiger partial charge in [0.1, 0.15) is 5.15 Å². The molecule has 0 aliphatic carbocycles. The zero-order chi connectivity index (χ0) is 6.85. The zero-order valence-corrected chi connectivity index (χ0v) is 6.37. The molecular weight excluding hydrogens is 157 g/mol. The van der Waals surface area contributed by atoms with Gasteiger partial charge in [0.05, 0.1) is 10.7 Å². The van der Waals surface area contributed by atoms with Crippen molar-refractivity contribution in [1.82, 2.24) is 4.98 Å². The summed E-state index contributed by atoms with van der Waals surface area (Å²) in [7, 11) is 0. The Morgan fingerprint density at radius 3 is 2.44 bits per heavy atom. The van der Waals surface area contributed by atoms with Crippen LogP contribution in [0.2, 0.25) is 10.2 Å². The molecule has 0 aliphatic rings. The number of hydrogen-bond donors (Lipinski definition) is 0. The second-order valence-corrected chi connectivity index (χ2v) is 2.50. The van der Waals surface area contributed by atoms with Gasteiger partial charge in [-0.15, -0.1) is 0 Å². The maximum absolute atomic E-state index is 5.66. The van der Waals surface area contributed by atoms with Gasteiger partial charge in [0, 0.05) is 0 Å². The Balaban J connectivity index is 3.17. The Morgan fingerprint density at radius 2 is 2.00 bits per heavy atom. The summed E-state index contributed by atoms with van der Waals surface area (Å²) in [5.41, 5.74) is 0.768. The number of rotatable bonds is 0. The minimum absolute atomic E-state index is 0.483. The molecule has 1 nitrogen and oxygen atoms in total. The minimum Gasteiger partial charge on any atom is -0.240 e. The molecule has 48 valence electrons. The Hall–Kier alpha value is -0.270. The summed E-state index contributed by atoms with van der Waals surface area (Å²) in [6, 6.07) is 3.39. The lowest BCUT2D eigenvalue weighted by Crippen LogP contribution is -1.80. The van der Waals surface area contributed by atoms with Gasteiger partial charge in [-0.05, 0) is 19.1 Å². The number of halogens is 2. The Bertz CT molecular complexity index is 222. The van der Waals surface area contributed by atoms with Crippen molar-refractivity contribution in [3.8, 4) is 0 Å². The van der Waals surface area contributed by atoms with Gasteiger partial charge in [-0.2, -0.15) is 0 Å². The summed E-state index contributed by atoms with van der Waals surface area (Å²) < 4.78 is 0. The molecule has 1 heterocycles. The number of aromatic nitrogens is 1. The first-order valence-electron chi connectivity index (χ1n) is 2.49. The molecule has 3 heteroatoms. The lowest BCUT2D eigenvalue weighted by atomic mass is 10.4. The van der Waals surface area contributed by atoms with Crippen LogP contribution < -0.4 is 0 Å². The van der Waals surface area contributed by atoms with Crippen molar-refractivity contribution in [3.63, 3.8) is 0 Å². The third kappa shape index (κ3) is 1.57. The molecule has 1 aromatic heterocycles. The molecule has 0 bridgehead atoms. The predicted octanol–water partition coefficient (Wildman–Crippen LogP) is 2.70. The molecule has 0 aromatic carbocycles. The fraction of sp³-hybridized carbons (Fsp3) is 0.167. The van der Waals surface area contributed by atoms with Gasteiger partial charge in [-0.3, -0.25) is 0 Å². The summed E-state index contributed by atoms with van der Waals surface area (Å²) in [5.74, 6) is 0. The van der Waals surface area contributed by atoms with Crippen LogP contribution in [0.5, 0.6) is 0 Å². The molecule has 0 unspecified atom stereocenters. The average molecular weight is 162 g/mol. The van der Waals surface area contributed by atoms with Gasteiger partial charge < -0.3 is 0 Å². The lowest BCUT2D eigenvalue weighted by Gasteiger charge is -1.93. The van der Waals surface area contributed by atoms with Crippen molar-refractivity contribution in [1.29, 1.82) is 0 Å². The number of aryl methyl sites for hydroxylation is 1. The van der Waals surface area contributed by atoms with E-state index in [0.29, 0.717) is 10.2 Å². The molecule has 0 amide bonds. The Labute approximate surface area is 63.6 Å². The molecule has 0 N–H and O–H groups in total. The van der Waals surface area contributed by atoms with Crippen LogP contribution in [-0.4, -0.2) is 4.98 Å². The molecule has 0 fully saturated rings. The highest BCUT2D eigenvalue weighted by molar-refractivity contribution is 6.32. The van der Waals surface area contributed by atoms with E-state index < -0.39 is 0 Å². The van der Waals surface area contributed by atoms with Crippen LogP contribution >= 0.6 is 23.2 Å². The molecule has 0 saturated heterocycles. The lowest BCUT2D eigenvalue weighted by molar-refractivity contribution is 1.20. The summed E-state index contributed by atoms with van der Waals surface area (Å²) in [4.78, 5) is 3.91. The first-order chi connectivity index (χ1) is 4.20. The van der Waals surface area contributed by atoms with E-state index in [0.717, 1.165) is 5.69 Å². The van der Waals surface area contributed by atoms with Crippen LogP contribution in [0.4, 0.5) is 0 Å². The molecule has 9 heavy (non-hydrogen) atoms. The molecule has 0 aliphatic heterocycles. The topological polar surface area (TPSA) is 12.9 Å². The number of nitrogens with zero attached hydrogens (tertiary/aromatic N) is 1. The van der Waals surface area contributed by atoms with E-state index >= 15 is 0 Å². The van der Waals surface area contributed by atoms with Crippen molar-refractivity contribution < 1.29 is 0 Å². The Kier molecular flexibility index (Phi) is 1.94. The highest BCUT2D eigenvalue weighted by atomic mass is 35.5. The molecule has 0 saturated carbocycles. The third-order valence-electron chi connectivity index (χ3n) is 0.987. The second kappa shape index (κ2) is 2.54. The van der Waals surface area contributed by atoms with Crippen LogP contribution in [0.1, 0.15) is 5.69 Å². The fourth-order valence-corrected chi connectivity index (χ4v) is 0.808. The fourth-order valence-electron chi connectivity index (χ4n) is 0.513. The van der Waals surface area contributed by atoms with Crippen molar-refractivity contribution >= 4 is 23.2 Å². The number of hydrogen-bond acceptors (Lipinski definition) is 1. The quantitative estimate of drug-likeness (QED) is 0.534. The number of pyridine rings is 1. The monoisotopic (exact) mass is 161 g/mol. The van der Waals surface area contributed by atoms with Crippen molar-refractivity contribution in [2.75, 3.05) is 0 Å². The third-order valence-corrected chi connectivity index (χ3v) is 1.60. The molecule has 0 spiro atoms. The van der Waals surface area contributed by atoms with Crippen LogP contribution in [0, 0.1) is 6.92 Å². The highest BCUT2D eigenvalue weighted by Crippen LogP contribution is 2.14. The van der Waals surface area contributed by atoms with E-state index in [-0.39, 0.29) is 0 Å². The van der Waals surface area contributed by atoms with E-state index in [1.165, 1.54) is 0 Å². The standard InChI is InChI=1S/C6H5Cl2N/c1-4-5(7)2-3-6(8)9-4/h2-3H,1H3. The average Bonchev–Trinajstić information content (AvgIpc) is 1.80. The van der Waals surface area contributed by atoms with E-state index in [9.17, 15) is 0 Å². The van der Waals surface area contributed by atoms with Gasteiger partial charge >= 0.3 is 0 Å². The molecular formula is C6H5Cl2N. The van der Waals surface area contributed by atoms with Crippen molar-refractivity contribution in [3.05, 3.63) is 28.0 Å². The van der Waals surface area contributed by atoms with Crippen LogP contribution in [0.3, 0.4) is 0 Å². The second-order valence-electron chi connectivity index (χ2n) is 1.70. The summed E-state index contributed by atoms with van der Waals surface area (Å²) in [6.45, 7) is 1.81.